The van der Waals surface area contributed by atoms with Crippen LogP contribution in [0.2, 0.25) is 0 Å². The van der Waals surface area contributed by atoms with Gasteiger partial charge in [0.25, 0.3) is 5.91 Å². The molecule has 0 saturated carbocycles. The van der Waals surface area contributed by atoms with Crippen LogP contribution in [0, 0.1) is 0 Å². The number of benzodiazepines with no additional fused rings is 1. The Balaban J connectivity index is 1.47. The molecule has 220 valence electrons. The fourth-order valence-corrected chi connectivity index (χ4v) is 4.76. The minimum Gasteiger partial charge on any atom is -0.325 e. The Hall–Kier alpha value is -4.80. The molecule has 4 aromatic rings. The lowest BCUT2D eigenvalue weighted by Gasteiger charge is -2.27. The molecule has 2 N–H and O–H groups in total. The Labute approximate surface area is 247 Å². The van der Waals surface area contributed by atoms with E-state index in [-0.39, 0.29) is 24.4 Å². The molecular weight excluding hydrogens is 557 g/mol. The quantitative estimate of drug-likeness (QED) is 0.250. The summed E-state index contributed by atoms with van der Waals surface area (Å²) in [5, 5.41) is 2.60. The van der Waals surface area contributed by atoms with Crippen molar-refractivity contribution in [1.82, 2.24) is 10.8 Å². The van der Waals surface area contributed by atoms with Crippen molar-refractivity contribution in [3.63, 3.8) is 0 Å². The van der Waals surface area contributed by atoms with Gasteiger partial charge in [0.15, 0.2) is 0 Å². The molecule has 1 aliphatic heterocycles. The second-order valence-electron chi connectivity index (χ2n) is 9.95. The Kier molecular flexibility index (Phi) is 9.29. The molecule has 0 spiro atoms. The molecule has 2 amide bonds. The van der Waals surface area contributed by atoms with Crippen molar-refractivity contribution in [2.24, 2.45) is 4.99 Å². The number of alkyl halides is 3. The van der Waals surface area contributed by atoms with Gasteiger partial charge in [0.05, 0.1) is 18.0 Å². The number of anilines is 1. The zero-order valence-electron chi connectivity index (χ0n) is 23.0. The van der Waals surface area contributed by atoms with Crippen LogP contribution in [0.4, 0.5) is 18.9 Å². The Morgan fingerprint density at radius 2 is 1.42 bits per heavy atom. The molecule has 0 aromatic heterocycles. The molecule has 1 aliphatic rings. The van der Waals surface area contributed by atoms with Crippen molar-refractivity contribution in [2.45, 2.75) is 31.4 Å². The van der Waals surface area contributed by atoms with Gasteiger partial charge in [-0.05, 0) is 23.6 Å². The molecule has 2 unspecified atom stereocenters. The second kappa shape index (κ2) is 13.5. The number of benzene rings is 4. The number of hydroxylamine groups is 1. The number of halogens is 3. The summed E-state index contributed by atoms with van der Waals surface area (Å²) in [4.78, 5) is 38.3. The van der Waals surface area contributed by atoms with E-state index in [1.165, 1.54) is 6.07 Å². The molecule has 0 bridgehead atoms. The smallest absolute Gasteiger partial charge is 0.325 e. The lowest BCUT2D eigenvalue weighted by Crippen LogP contribution is -2.54. The molecule has 4 aromatic carbocycles. The summed E-state index contributed by atoms with van der Waals surface area (Å²) < 4.78 is 41.3. The molecular formula is C33H29F3N4O3. The first kappa shape index (κ1) is 29.7. The van der Waals surface area contributed by atoms with E-state index in [1.807, 2.05) is 60.7 Å². The number of aliphatic imine (C=N–C) groups is 1. The summed E-state index contributed by atoms with van der Waals surface area (Å²) in [5.74, 6) is -1.67. The SMILES string of the molecule is O=C(NC1N=C(c2ccccc2)c2ccccc2N(CC(F)(F)F)C1=O)C(Cc1ccccc1)NOCc1ccccc1. The van der Waals surface area contributed by atoms with E-state index in [2.05, 4.69) is 15.8 Å². The summed E-state index contributed by atoms with van der Waals surface area (Å²) in [7, 11) is 0. The van der Waals surface area contributed by atoms with Crippen LogP contribution in [-0.2, 0) is 27.5 Å². The molecule has 5 rings (SSSR count). The van der Waals surface area contributed by atoms with Crippen LogP contribution in [0.5, 0.6) is 0 Å². The Bertz CT molecular complexity index is 1560. The average molecular weight is 587 g/mol. The van der Waals surface area contributed by atoms with Crippen molar-refractivity contribution in [3.05, 3.63) is 138 Å². The van der Waals surface area contributed by atoms with Crippen molar-refractivity contribution in [3.8, 4) is 0 Å². The predicted octanol–water partition coefficient (Wildman–Crippen LogP) is 5.21. The highest BCUT2D eigenvalue weighted by atomic mass is 19.4. The van der Waals surface area contributed by atoms with Crippen molar-refractivity contribution in [2.75, 3.05) is 11.4 Å². The summed E-state index contributed by atoms with van der Waals surface area (Å²) >= 11 is 0. The normalized spacial score (nSPS) is 15.7. The first-order chi connectivity index (χ1) is 20.8. The first-order valence-corrected chi connectivity index (χ1v) is 13.6. The van der Waals surface area contributed by atoms with E-state index in [4.69, 9.17) is 4.84 Å². The maximum Gasteiger partial charge on any atom is 0.406 e. The summed E-state index contributed by atoms with van der Waals surface area (Å²) in [5.41, 5.74) is 5.72. The van der Waals surface area contributed by atoms with Gasteiger partial charge in [-0.3, -0.25) is 19.3 Å². The minimum atomic E-state index is -4.70. The highest BCUT2D eigenvalue weighted by Gasteiger charge is 2.40. The molecule has 1 heterocycles. The lowest BCUT2D eigenvalue weighted by atomic mass is 10.0. The van der Waals surface area contributed by atoms with E-state index in [0.29, 0.717) is 16.0 Å². The van der Waals surface area contributed by atoms with Gasteiger partial charge in [-0.2, -0.15) is 18.7 Å². The first-order valence-electron chi connectivity index (χ1n) is 13.6. The van der Waals surface area contributed by atoms with Gasteiger partial charge in [-0.15, -0.1) is 0 Å². The van der Waals surface area contributed by atoms with Gasteiger partial charge in [0, 0.05) is 11.1 Å². The number of nitrogens with one attached hydrogen (secondary N) is 2. The molecule has 43 heavy (non-hydrogen) atoms. The maximum atomic E-state index is 13.8. The summed E-state index contributed by atoms with van der Waals surface area (Å²) in [6.45, 7) is -1.38. The zero-order valence-corrected chi connectivity index (χ0v) is 23.0. The van der Waals surface area contributed by atoms with Crippen LogP contribution in [0.15, 0.2) is 120 Å². The standard InChI is InChI=1S/C33H29F3N4O3/c34-33(35,36)22-40-28-19-11-10-18-26(28)29(25-16-8-3-9-17-25)37-30(32(40)42)38-31(41)27(20-23-12-4-1-5-13-23)39-43-21-24-14-6-2-7-15-24/h1-19,27,30,39H,20-22H2,(H,38,41). The third-order valence-corrected chi connectivity index (χ3v) is 6.78. The van der Waals surface area contributed by atoms with Crippen LogP contribution < -0.4 is 15.7 Å². The van der Waals surface area contributed by atoms with E-state index in [1.54, 1.807) is 48.5 Å². The summed E-state index contributed by atoms with van der Waals surface area (Å²) in [6, 6.07) is 32.6. The molecule has 0 radical (unpaired) electrons. The molecule has 7 nitrogen and oxygen atoms in total. The molecule has 0 saturated heterocycles. The van der Waals surface area contributed by atoms with E-state index < -0.39 is 36.7 Å². The van der Waals surface area contributed by atoms with Gasteiger partial charge in [-0.25, -0.2) is 4.99 Å². The number of carbonyl (C=O) groups excluding carboxylic acids is 2. The maximum absolute atomic E-state index is 13.8. The fraction of sp³-hybridized carbons (Fsp3) is 0.182. The van der Waals surface area contributed by atoms with Crippen LogP contribution in [0.1, 0.15) is 22.3 Å². The highest BCUT2D eigenvalue weighted by Crippen LogP contribution is 2.31. The van der Waals surface area contributed by atoms with E-state index >= 15 is 0 Å². The third-order valence-electron chi connectivity index (χ3n) is 6.78. The molecule has 10 heteroatoms. The minimum absolute atomic E-state index is 0.0503. The van der Waals surface area contributed by atoms with Gasteiger partial charge >= 0.3 is 6.18 Å². The number of hydrogen-bond acceptors (Lipinski definition) is 5. The van der Waals surface area contributed by atoms with Crippen molar-refractivity contribution < 1.29 is 27.6 Å². The number of fused-ring (bicyclic) bond motifs is 1. The molecule has 0 fully saturated rings. The largest absolute Gasteiger partial charge is 0.406 e. The number of nitrogens with zero attached hydrogens (tertiary/aromatic N) is 2. The lowest BCUT2D eigenvalue weighted by molar-refractivity contribution is -0.136. The average Bonchev–Trinajstić information content (AvgIpc) is 3.12. The van der Waals surface area contributed by atoms with Gasteiger partial charge in [0.1, 0.15) is 12.6 Å². The number of carbonyl (C=O) groups is 2. The van der Waals surface area contributed by atoms with Crippen molar-refractivity contribution >= 4 is 23.2 Å². The Morgan fingerprint density at radius 1 is 0.837 bits per heavy atom. The topological polar surface area (TPSA) is 83.0 Å². The number of amides is 2. The van der Waals surface area contributed by atoms with Gasteiger partial charge < -0.3 is 5.32 Å². The highest BCUT2D eigenvalue weighted by molar-refractivity contribution is 6.20. The molecule has 0 aliphatic carbocycles. The number of para-hydroxylation sites is 1. The van der Waals surface area contributed by atoms with Gasteiger partial charge in [0.2, 0.25) is 12.1 Å². The third kappa shape index (κ3) is 7.73. The predicted molar refractivity (Wildman–Crippen MR) is 157 cm³/mol. The monoisotopic (exact) mass is 586 g/mol. The zero-order chi connectivity index (χ0) is 30.2. The van der Waals surface area contributed by atoms with Crippen molar-refractivity contribution in [1.29, 1.82) is 0 Å². The van der Waals surface area contributed by atoms with Crippen LogP contribution in [0.25, 0.3) is 0 Å². The second-order valence-corrected chi connectivity index (χ2v) is 9.95. The Morgan fingerprint density at radius 3 is 2.07 bits per heavy atom. The summed E-state index contributed by atoms with van der Waals surface area (Å²) in [6.07, 6.45) is -6.15. The van der Waals surface area contributed by atoms with E-state index in [0.717, 1.165) is 11.1 Å². The fourth-order valence-electron chi connectivity index (χ4n) is 4.76. The molecule has 2 atom stereocenters. The van der Waals surface area contributed by atoms with Crippen LogP contribution in [0.3, 0.4) is 0 Å². The number of hydrogen-bond donors (Lipinski definition) is 2. The van der Waals surface area contributed by atoms with Gasteiger partial charge in [-0.1, -0.05) is 109 Å². The van der Waals surface area contributed by atoms with Crippen LogP contribution in [-0.4, -0.2) is 42.5 Å². The van der Waals surface area contributed by atoms with E-state index in [9.17, 15) is 22.8 Å². The number of rotatable bonds is 10. The van der Waals surface area contributed by atoms with Crippen LogP contribution >= 0.6 is 0 Å².